The molecular weight excluding hydrogens is 233 g/mol. The minimum absolute atomic E-state index is 0.142. The lowest BCUT2D eigenvalue weighted by Crippen LogP contribution is -2.23. The Labute approximate surface area is 98.9 Å². The van der Waals surface area contributed by atoms with Gasteiger partial charge in [0.05, 0.1) is 0 Å². The van der Waals surface area contributed by atoms with Crippen molar-refractivity contribution in [1.29, 1.82) is 0 Å². The van der Waals surface area contributed by atoms with Crippen molar-refractivity contribution >= 4 is 29.1 Å². The molecular formula is C11H11Cl2NO. The van der Waals surface area contributed by atoms with Crippen molar-refractivity contribution in [3.63, 3.8) is 0 Å². The number of alkyl halides is 1. The zero-order valence-corrected chi connectivity index (χ0v) is 9.55. The average Bonchev–Trinajstić information content (AvgIpc) is 2.24. The second-order valence-corrected chi connectivity index (χ2v) is 3.59. The van der Waals surface area contributed by atoms with E-state index in [2.05, 4.69) is 5.32 Å². The Hall–Kier alpha value is -0.990. The van der Waals surface area contributed by atoms with Crippen molar-refractivity contribution < 1.29 is 4.79 Å². The van der Waals surface area contributed by atoms with E-state index in [1.165, 1.54) is 0 Å². The first kappa shape index (κ1) is 12.1. The molecule has 0 fully saturated rings. The summed E-state index contributed by atoms with van der Waals surface area (Å²) in [4.78, 5) is 11.5. The molecule has 1 aromatic rings. The van der Waals surface area contributed by atoms with Crippen molar-refractivity contribution in [1.82, 2.24) is 5.32 Å². The molecule has 1 aromatic carbocycles. The van der Waals surface area contributed by atoms with Gasteiger partial charge in [-0.15, -0.1) is 11.6 Å². The molecule has 15 heavy (non-hydrogen) atoms. The first-order valence-electron chi connectivity index (χ1n) is 4.49. The van der Waals surface area contributed by atoms with Gasteiger partial charge in [-0.2, -0.15) is 0 Å². The number of halogens is 2. The third-order valence-corrected chi connectivity index (χ3v) is 2.14. The van der Waals surface area contributed by atoms with E-state index in [1.54, 1.807) is 36.4 Å². The number of rotatable bonds is 4. The highest BCUT2D eigenvalue weighted by Gasteiger charge is 2.03. The number of nitrogens with one attached hydrogen (secondary N) is 1. The largest absolute Gasteiger partial charge is 0.349 e. The fourth-order valence-corrected chi connectivity index (χ4v) is 1.35. The third-order valence-electron chi connectivity index (χ3n) is 1.72. The molecule has 0 saturated heterocycles. The molecule has 0 aliphatic rings. The van der Waals surface area contributed by atoms with Gasteiger partial charge in [0.1, 0.15) is 0 Å². The van der Waals surface area contributed by atoms with Crippen LogP contribution in [0.3, 0.4) is 0 Å². The predicted octanol–water partition coefficient (Wildman–Crippen LogP) is 2.86. The molecule has 0 spiro atoms. The number of allylic oxidation sites excluding steroid dienone is 1. The Morgan fingerprint density at radius 3 is 2.87 bits per heavy atom. The molecule has 0 heterocycles. The molecule has 0 aliphatic heterocycles. The molecule has 0 atom stereocenters. The van der Waals surface area contributed by atoms with Gasteiger partial charge in [0, 0.05) is 23.0 Å². The monoisotopic (exact) mass is 243 g/mol. The van der Waals surface area contributed by atoms with Crippen LogP contribution in [-0.4, -0.2) is 18.3 Å². The standard InChI is InChI=1S/C11H11Cl2NO/c12-6-1-2-7-14-11(15)9-4-3-5-10(13)8-9/h1-5,8H,6-7H2,(H,14,15)/b2-1+. The van der Waals surface area contributed by atoms with Gasteiger partial charge < -0.3 is 5.32 Å². The zero-order valence-electron chi connectivity index (χ0n) is 8.04. The van der Waals surface area contributed by atoms with Crippen molar-refractivity contribution in [2.24, 2.45) is 0 Å². The second kappa shape index (κ2) is 6.49. The lowest BCUT2D eigenvalue weighted by molar-refractivity contribution is 0.0958. The van der Waals surface area contributed by atoms with Gasteiger partial charge in [0.2, 0.25) is 0 Å². The summed E-state index contributed by atoms with van der Waals surface area (Å²) in [7, 11) is 0. The fraction of sp³-hybridized carbons (Fsp3) is 0.182. The second-order valence-electron chi connectivity index (χ2n) is 2.85. The minimum Gasteiger partial charge on any atom is -0.349 e. The topological polar surface area (TPSA) is 29.1 Å². The maximum absolute atomic E-state index is 11.5. The van der Waals surface area contributed by atoms with E-state index in [0.29, 0.717) is 23.0 Å². The van der Waals surface area contributed by atoms with Gasteiger partial charge in [-0.1, -0.05) is 29.8 Å². The van der Waals surface area contributed by atoms with Crippen LogP contribution in [0.25, 0.3) is 0 Å². The molecule has 0 bridgehead atoms. The molecule has 1 N–H and O–H groups in total. The van der Waals surface area contributed by atoms with Crippen LogP contribution in [-0.2, 0) is 0 Å². The number of amides is 1. The van der Waals surface area contributed by atoms with E-state index >= 15 is 0 Å². The summed E-state index contributed by atoms with van der Waals surface area (Å²) in [6, 6.07) is 6.81. The van der Waals surface area contributed by atoms with Crippen LogP contribution in [0.5, 0.6) is 0 Å². The van der Waals surface area contributed by atoms with Gasteiger partial charge in [-0.25, -0.2) is 0 Å². The number of hydrogen-bond donors (Lipinski definition) is 1. The number of benzene rings is 1. The normalized spacial score (nSPS) is 10.5. The van der Waals surface area contributed by atoms with Crippen molar-refractivity contribution in [3.8, 4) is 0 Å². The van der Waals surface area contributed by atoms with Gasteiger partial charge in [-0.05, 0) is 18.2 Å². The van der Waals surface area contributed by atoms with E-state index < -0.39 is 0 Å². The molecule has 1 rings (SSSR count). The summed E-state index contributed by atoms with van der Waals surface area (Å²) in [5.41, 5.74) is 0.557. The summed E-state index contributed by atoms with van der Waals surface area (Å²) in [5.74, 6) is 0.310. The molecule has 0 saturated carbocycles. The quantitative estimate of drug-likeness (QED) is 0.640. The SMILES string of the molecule is O=C(NC/C=C/CCl)c1cccc(Cl)c1. The van der Waals surface area contributed by atoms with E-state index in [0.717, 1.165) is 0 Å². The van der Waals surface area contributed by atoms with Crippen molar-refractivity contribution in [2.75, 3.05) is 12.4 Å². The maximum atomic E-state index is 11.5. The lowest BCUT2D eigenvalue weighted by Gasteiger charge is -2.02. The van der Waals surface area contributed by atoms with E-state index in [9.17, 15) is 4.79 Å². The number of carbonyl (C=O) groups is 1. The highest BCUT2D eigenvalue weighted by Crippen LogP contribution is 2.10. The number of hydrogen-bond acceptors (Lipinski definition) is 1. The van der Waals surface area contributed by atoms with E-state index in [4.69, 9.17) is 23.2 Å². The van der Waals surface area contributed by atoms with Gasteiger partial charge in [0.25, 0.3) is 5.91 Å². The average molecular weight is 244 g/mol. The summed E-state index contributed by atoms with van der Waals surface area (Å²) < 4.78 is 0. The molecule has 0 aliphatic carbocycles. The summed E-state index contributed by atoms with van der Waals surface area (Å²) >= 11 is 11.2. The van der Waals surface area contributed by atoms with Gasteiger partial charge >= 0.3 is 0 Å². The van der Waals surface area contributed by atoms with Crippen molar-refractivity contribution in [2.45, 2.75) is 0 Å². The molecule has 0 unspecified atom stereocenters. The van der Waals surface area contributed by atoms with Crippen molar-refractivity contribution in [3.05, 3.63) is 47.0 Å². The summed E-state index contributed by atoms with van der Waals surface area (Å²) in [6.07, 6.45) is 3.58. The highest BCUT2D eigenvalue weighted by atomic mass is 35.5. The Bertz CT molecular complexity index is 363. The van der Waals surface area contributed by atoms with Gasteiger partial charge in [-0.3, -0.25) is 4.79 Å². The first-order chi connectivity index (χ1) is 7.24. The fourth-order valence-electron chi connectivity index (χ4n) is 1.03. The summed E-state index contributed by atoms with van der Waals surface area (Å²) in [6.45, 7) is 0.470. The zero-order chi connectivity index (χ0) is 11.1. The smallest absolute Gasteiger partial charge is 0.251 e. The molecule has 1 amide bonds. The van der Waals surface area contributed by atoms with Crippen LogP contribution in [0.4, 0.5) is 0 Å². The van der Waals surface area contributed by atoms with E-state index in [1.807, 2.05) is 0 Å². The van der Waals surface area contributed by atoms with Crippen LogP contribution in [0, 0.1) is 0 Å². The molecule has 80 valence electrons. The van der Waals surface area contributed by atoms with Crippen LogP contribution < -0.4 is 5.32 Å². The third kappa shape index (κ3) is 4.36. The Balaban J connectivity index is 2.50. The Kier molecular flexibility index (Phi) is 5.22. The van der Waals surface area contributed by atoms with E-state index in [-0.39, 0.29) is 5.91 Å². The molecule has 0 aromatic heterocycles. The highest BCUT2D eigenvalue weighted by molar-refractivity contribution is 6.30. The predicted molar refractivity (Wildman–Crippen MR) is 63.6 cm³/mol. The minimum atomic E-state index is -0.142. The van der Waals surface area contributed by atoms with Crippen LogP contribution >= 0.6 is 23.2 Å². The Morgan fingerprint density at radius 1 is 1.40 bits per heavy atom. The molecule has 2 nitrogen and oxygen atoms in total. The molecule has 4 heteroatoms. The first-order valence-corrected chi connectivity index (χ1v) is 5.40. The van der Waals surface area contributed by atoms with Crippen LogP contribution in [0.15, 0.2) is 36.4 Å². The van der Waals surface area contributed by atoms with Crippen LogP contribution in [0.2, 0.25) is 5.02 Å². The lowest BCUT2D eigenvalue weighted by atomic mass is 10.2. The summed E-state index contributed by atoms with van der Waals surface area (Å²) in [5, 5.41) is 3.27. The number of carbonyl (C=O) groups excluding carboxylic acids is 1. The molecule has 0 radical (unpaired) electrons. The van der Waals surface area contributed by atoms with Gasteiger partial charge in [0.15, 0.2) is 0 Å². The van der Waals surface area contributed by atoms with Crippen LogP contribution in [0.1, 0.15) is 10.4 Å². The Morgan fingerprint density at radius 2 is 2.20 bits per heavy atom. The maximum Gasteiger partial charge on any atom is 0.251 e.